The van der Waals surface area contributed by atoms with Crippen molar-refractivity contribution in [3.8, 4) is 0 Å². The van der Waals surface area contributed by atoms with Crippen LogP contribution in [-0.4, -0.2) is 17.6 Å². The van der Waals surface area contributed by atoms with E-state index in [2.05, 4.69) is 42.2 Å². The molecule has 0 aliphatic heterocycles. The highest BCUT2D eigenvalue weighted by atomic mass is 79.9. The minimum absolute atomic E-state index is 0.352. The molecule has 0 atom stereocenters. The summed E-state index contributed by atoms with van der Waals surface area (Å²) in [6, 6.07) is 9.21. The van der Waals surface area contributed by atoms with Gasteiger partial charge in [-0.2, -0.15) is 0 Å². The highest BCUT2D eigenvalue weighted by Gasteiger charge is 2.07. The summed E-state index contributed by atoms with van der Waals surface area (Å²) in [6.07, 6.45) is 1.49. The fourth-order valence-corrected chi connectivity index (χ4v) is 2.68. The number of halogens is 2. The lowest BCUT2D eigenvalue weighted by Gasteiger charge is -2.08. The molecule has 1 aromatic heterocycles. The smallest absolute Gasteiger partial charge is 0.339 e. The molecule has 0 aliphatic carbocycles. The van der Waals surface area contributed by atoms with Crippen LogP contribution in [0.1, 0.15) is 17.3 Å². The number of anilines is 2. The molecule has 20 heavy (non-hydrogen) atoms. The monoisotopic (exact) mass is 398 g/mol. The summed E-state index contributed by atoms with van der Waals surface area (Å²) in [4.78, 5) is 15.7. The van der Waals surface area contributed by atoms with E-state index in [4.69, 9.17) is 4.74 Å². The lowest BCUT2D eigenvalue weighted by atomic mass is 10.3. The highest BCUT2D eigenvalue weighted by molar-refractivity contribution is 9.11. The zero-order valence-corrected chi connectivity index (χ0v) is 13.9. The maximum Gasteiger partial charge on any atom is 0.339 e. The van der Waals surface area contributed by atoms with Crippen LogP contribution in [-0.2, 0) is 4.74 Å². The molecule has 104 valence electrons. The van der Waals surface area contributed by atoms with Crippen molar-refractivity contribution in [3.05, 3.63) is 51.0 Å². The number of ether oxygens (including phenoxy) is 1. The summed E-state index contributed by atoms with van der Waals surface area (Å²) >= 11 is 6.87. The third-order valence-electron chi connectivity index (χ3n) is 2.47. The van der Waals surface area contributed by atoms with Gasteiger partial charge in [0.25, 0.3) is 0 Å². The second-order valence-electron chi connectivity index (χ2n) is 3.90. The minimum Gasteiger partial charge on any atom is -0.462 e. The lowest BCUT2D eigenvalue weighted by Crippen LogP contribution is -2.05. The third kappa shape index (κ3) is 3.80. The van der Waals surface area contributed by atoms with Gasteiger partial charge in [-0.25, -0.2) is 9.78 Å². The topological polar surface area (TPSA) is 51.2 Å². The second kappa shape index (κ2) is 6.85. The van der Waals surface area contributed by atoms with E-state index in [9.17, 15) is 4.79 Å². The number of benzene rings is 1. The van der Waals surface area contributed by atoms with Crippen LogP contribution in [0.5, 0.6) is 0 Å². The van der Waals surface area contributed by atoms with Crippen LogP contribution >= 0.6 is 31.9 Å². The summed E-state index contributed by atoms with van der Waals surface area (Å²) in [6.45, 7) is 2.12. The SMILES string of the molecule is CCOC(=O)c1ccc(Nc2ccc(Br)cc2Br)nc1. The van der Waals surface area contributed by atoms with Crippen LogP contribution < -0.4 is 5.32 Å². The van der Waals surface area contributed by atoms with Crippen molar-refractivity contribution < 1.29 is 9.53 Å². The van der Waals surface area contributed by atoms with Gasteiger partial charge in [0.2, 0.25) is 0 Å². The van der Waals surface area contributed by atoms with Crippen molar-refractivity contribution in [1.82, 2.24) is 4.98 Å². The van der Waals surface area contributed by atoms with Gasteiger partial charge in [-0.15, -0.1) is 0 Å². The molecule has 1 aromatic carbocycles. The van der Waals surface area contributed by atoms with Crippen LogP contribution in [0.25, 0.3) is 0 Å². The van der Waals surface area contributed by atoms with E-state index in [1.807, 2.05) is 18.2 Å². The van der Waals surface area contributed by atoms with Crippen LogP contribution in [0.4, 0.5) is 11.5 Å². The molecule has 1 heterocycles. The number of rotatable bonds is 4. The van der Waals surface area contributed by atoms with Gasteiger partial charge in [0.15, 0.2) is 0 Å². The van der Waals surface area contributed by atoms with Gasteiger partial charge in [0.05, 0.1) is 17.9 Å². The quantitative estimate of drug-likeness (QED) is 0.767. The zero-order chi connectivity index (χ0) is 14.5. The van der Waals surface area contributed by atoms with E-state index in [-0.39, 0.29) is 5.97 Å². The molecule has 4 nitrogen and oxygen atoms in total. The summed E-state index contributed by atoms with van der Waals surface area (Å²) in [5, 5.41) is 3.17. The zero-order valence-electron chi connectivity index (χ0n) is 10.7. The second-order valence-corrected chi connectivity index (χ2v) is 5.67. The van der Waals surface area contributed by atoms with Crippen LogP contribution in [0.15, 0.2) is 45.5 Å². The molecule has 0 saturated heterocycles. The van der Waals surface area contributed by atoms with E-state index in [0.29, 0.717) is 18.0 Å². The van der Waals surface area contributed by atoms with E-state index < -0.39 is 0 Å². The summed E-state index contributed by atoms with van der Waals surface area (Å²) in [7, 11) is 0. The first-order valence-corrected chi connectivity index (χ1v) is 7.54. The fraction of sp³-hybridized carbons (Fsp3) is 0.143. The Balaban J connectivity index is 2.12. The van der Waals surface area contributed by atoms with Gasteiger partial charge in [0, 0.05) is 15.1 Å². The number of nitrogens with one attached hydrogen (secondary N) is 1. The molecular formula is C14H12Br2N2O2. The lowest BCUT2D eigenvalue weighted by molar-refractivity contribution is 0.0526. The Kier molecular flexibility index (Phi) is 5.14. The molecule has 0 amide bonds. The number of carbonyl (C=O) groups excluding carboxylic acids is 1. The summed E-state index contributed by atoms with van der Waals surface area (Å²) in [5.74, 6) is 0.289. The van der Waals surface area contributed by atoms with Gasteiger partial charge in [-0.1, -0.05) is 15.9 Å². The standard InChI is InChI=1S/C14H12Br2N2O2/c1-2-20-14(19)9-3-6-13(17-8-9)18-12-5-4-10(15)7-11(12)16/h3-8H,2H2,1H3,(H,17,18). The average Bonchev–Trinajstić information content (AvgIpc) is 2.43. The predicted molar refractivity (Wildman–Crippen MR) is 85.3 cm³/mol. The van der Waals surface area contributed by atoms with Crippen LogP contribution in [0.3, 0.4) is 0 Å². The van der Waals surface area contributed by atoms with Crippen molar-refractivity contribution in [3.63, 3.8) is 0 Å². The number of esters is 1. The maximum atomic E-state index is 11.5. The molecule has 1 N–H and O–H groups in total. The molecule has 0 bridgehead atoms. The Morgan fingerprint density at radius 1 is 1.30 bits per heavy atom. The number of nitrogens with zero attached hydrogens (tertiary/aromatic N) is 1. The number of hydrogen-bond acceptors (Lipinski definition) is 4. The van der Waals surface area contributed by atoms with Gasteiger partial charge in [-0.3, -0.25) is 0 Å². The number of hydrogen-bond donors (Lipinski definition) is 1. The predicted octanol–water partition coefficient (Wildman–Crippen LogP) is 4.53. The molecule has 0 saturated carbocycles. The molecule has 0 aliphatic rings. The van der Waals surface area contributed by atoms with Crippen molar-refractivity contribution in [2.24, 2.45) is 0 Å². The molecule has 6 heteroatoms. The van der Waals surface area contributed by atoms with Crippen LogP contribution in [0.2, 0.25) is 0 Å². The van der Waals surface area contributed by atoms with E-state index in [0.717, 1.165) is 14.6 Å². The molecule has 0 unspecified atom stereocenters. The number of aromatic nitrogens is 1. The molecule has 2 rings (SSSR count). The first kappa shape index (κ1) is 15.0. The van der Waals surface area contributed by atoms with Crippen molar-refractivity contribution >= 4 is 49.3 Å². The largest absolute Gasteiger partial charge is 0.462 e. The Morgan fingerprint density at radius 2 is 2.10 bits per heavy atom. The molecule has 0 fully saturated rings. The summed E-state index contributed by atoms with van der Waals surface area (Å²) in [5.41, 5.74) is 1.33. The normalized spacial score (nSPS) is 10.2. The van der Waals surface area contributed by atoms with Gasteiger partial charge >= 0.3 is 5.97 Å². The van der Waals surface area contributed by atoms with Crippen molar-refractivity contribution in [2.45, 2.75) is 6.92 Å². The van der Waals surface area contributed by atoms with E-state index in [1.54, 1.807) is 19.1 Å². The highest BCUT2D eigenvalue weighted by Crippen LogP contribution is 2.28. The molecular weight excluding hydrogens is 388 g/mol. The van der Waals surface area contributed by atoms with Gasteiger partial charge < -0.3 is 10.1 Å². The first-order valence-electron chi connectivity index (χ1n) is 5.95. The molecule has 0 spiro atoms. The number of carbonyl (C=O) groups is 1. The van der Waals surface area contributed by atoms with Crippen molar-refractivity contribution in [1.29, 1.82) is 0 Å². The van der Waals surface area contributed by atoms with Crippen molar-refractivity contribution in [2.75, 3.05) is 11.9 Å². The molecule has 0 radical (unpaired) electrons. The Labute approximate surface area is 133 Å². The van der Waals surface area contributed by atoms with E-state index in [1.165, 1.54) is 6.20 Å². The van der Waals surface area contributed by atoms with Gasteiger partial charge in [-0.05, 0) is 53.2 Å². The minimum atomic E-state index is -0.364. The van der Waals surface area contributed by atoms with Crippen LogP contribution in [0, 0.1) is 0 Å². The Bertz CT molecular complexity index is 615. The Hall–Kier alpha value is -1.40. The third-order valence-corrected chi connectivity index (χ3v) is 3.62. The molecule has 2 aromatic rings. The van der Waals surface area contributed by atoms with Gasteiger partial charge in [0.1, 0.15) is 5.82 Å². The Morgan fingerprint density at radius 3 is 2.70 bits per heavy atom. The first-order chi connectivity index (χ1) is 9.60. The average molecular weight is 400 g/mol. The number of pyridine rings is 1. The summed E-state index contributed by atoms with van der Waals surface area (Å²) < 4.78 is 6.81. The maximum absolute atomic E-state index is 11.5. The van der Waals surface area contributed by atoms with E-state index >= 15 is 0 Å². The fourth-order valence-electron chi connectivity index (χ4n) is 1.53.